The van der Waals surface area contributed by atoms with Crippen LogP contribution in [0.4, 0.5) is 4.39 Å². The van der Waals surface area contributed by atoms with Crippen LogP contribution in [0.1, 0.15) is 11.1 Å². The molecule has 8 nitrogen and oxygen atoms in total. The van der Waals surface area contributed by atoms with E-state index in [1.807, 2.05) is 0 Å². The van der Waals surface area contributed by atoms with Crippen molar-refractivity contribution in [3.8, 4) is 17.2 Å². The zero-order valence-electron chi connectivity index (χ0n) is 18.8. The first-order chi connectivity index (χ1) is 16.9. The molecule has 0 radical (unpaired) electrons. The van der Waals surface area contributed by atoms with E-state index in [9.17, 15) is 14.0 Å². The number of nitrogens with one attached hydrogen (secondary N) is 2. The van der Waals surface area contributed by atoms with E-state index in [1.54, 1.807) is 54.6 Å². The molecular weight excluding hydrogens is 477 g/mol. The minimum absolute atomic E-state index is 0.243. The van der Waals surface area contributed by atoms with Gasteiger partial charge in [0, 0.05) is 5.02 Å². The van der Waals surface area contributed by atoms with Gasteiger partial charge in [0.1, 0.15) is 18.2 Å². The van der Waals surface area contributed by atoms with Gasteiger partial charge in [0.25, 0.3) is 11.8 Å². The molecule has 182 valence electrons. The Hall–Kier alpha value is -4.11. The Balaban J connectivity index is 1.42. The van der Waals surface area contributed by atoms with Crippen LogP contribution >= 0.6 is 11.6 Å². The van der Waals surface area contributed by atoms with E-state index in [1.165, 1.54) is 25.5 Å². The van der Waals surface area contributed by atoms with Crippen LogP contribution in [-0.2, 0) is 16.2 Å². The number of amides is 2. The molecule has 2 amide bonds. The van der Waals surface area contributed by atoms with Gasteiger partial charge in [-0.05, 0) is 65.7 Å². The lowest BCUT2D eigenvalue weighted by Crippen LogP contribution is -2.37. The molecule has 0 aliphatic carbocycles. The van der Waals surface area contributed by atoms with Crippen LogP contribution in [0.5, 0.6) is 17.2 Å². The van der Waals surface area contributed by atoms with Gasteiger partial charge in [-0.2, -0.15) is 5.10 Å². The number of ether oxygens (including phenoxy) is 3. The third-order valence-electron chi connectivity index (χ3n) is 4.53. The third kappa shape index (κ3) is 8.63. The van der Waals surface area contributed by atoms with Crippen LogP contribution in [0.15, 0.2) is 71.8 Å². The second kappa shape index (κ2) is 13.0. The van der Waals surface area contributed by atoms with Gasteiger partial charge in [-0.15, -0.1) is 0 Å². The number of halogens is 2. The topological polar surface area (TPSA) is 98.2 Å². The Kier molecular flexibility index (Phi) is 9.44. The maximum atomic E-state index is 13.0. The maximum absolute atomic E-state index is 13.0. The molecule has 0 saturated heterocycles. The molecule has 0 bridgehead atoms. The van der Waals surface area contributed by atoms with Crippen molar-refractivity contribution in [2.45, 2.75) is 6.61 Å². The standard InChI is InChI=1S/C25H23ClFN3O5/c1-33-23-12-18(4-11-22(23)35-15-17-2-7-20(27)8-3-17)13-29-30-24(31)14-28-25(32)16-34-21-9-5-19(26)6-10-21/h2-13H,14-16H2,1H3,(H,28,32)(H,30,31). The van der Waals surface area contributed by atoms with Crippen molar-refractivity contribution >= 4 is 29.6 Å². The second-order valence-electron chi connectivity index (χ2n) is 7.14. The van der Waals surface area contributed by atoms with E-state index in [0.717, 1.165) is 5.56 Å². The fraction of sp³-hybridized carbons (Fsp3) is 0.160. The molecule has 0 unspecified atom stereocenters. The number of hydrogen-bond acceptors (Lipinski definition) is 6. The van der Waals surface area contributed by atoms with Gasteiger partial charge in [-0.25, -0.2) is 9.82 Å². The van der Waals surface area contributed by atoms with Gasteiger partial charge in [0.2, 0.25) is 0 Å². The molecule has 0 aliphatic heterocycles. The summed E-state index contributed by atoms with van der Waals surface area (Å²) >= 11 is 5.79. The van der Waals surface area contributed by atoms with Crippen LogP contribution in [0.3, 0.4) is 0 Å². The molecule has 0 spiro atoms. The predicted octanol–water partition coefficient (Wildman–Crippen LogP) is 3.71. The fourth-order valence-corrected chi connectivity index (χ4v) is 2.88. The summed E-state index contributed by atoms with van der Waals surface area (Å²) in [6, 6.07) is 17.7. The van der Waals surface area contributed by atoms with Crippen molar-refractivity contribution < 1.29 is 28.2 Å². The van der Waals surface area contributed by atoms with Crippen molar-refractivity contribution in [2.75, 3.05) is 20.3 Å². The van der Waals surface area contributed by atoms with Crippen molar-refractivity contribution in [1.82, 2.24) is 10.7 Å². The first-order valence-corrected chi connectivity index (χ1v) is 10.8. The van der Waals surface area contributed by atoms with E-state index >= 15 is 0 Å². The van der Waals surface area contributed by atoms with Crippen LogP contribution in [0.2, 0.25) is 5.02 Å². The van der Waals surface area contributed by atoms with Crippen molar-refractivity contribution in [3.05, 3.63) is 88.7 Å². The molecule has 35 heavy (non-hydrogen) atoms. The number of rotatable bonds is 11. The Morgan fingerprint density at radius 1 is 0.971 bits per heavy atom. The molecule has 0 heterocycles. The summed E-state index contributed by atoms with van der Waals surface area (Å²) in [5.41, 5.74) is 3.79. The SMILES string of the molecule is COc1cc(C=NNC(=O)CNC(=O)COc2ccc(Cl)cc2)ccc1OCc1ccc(F)cc1. The highest BCUT2D eigenvalue weighted by Crippen LogP contribution is 2.28. The predicted molar refractivity (Wildman–Crippen MR) is 129 cm³/mol. The molecule has 3 aromatic rings. The van der Waals surface area contributed by atoms with E-state index < -0.39 is 11.8 Å². The molecule has 10 heteroatoms. The largest absolute Gasteiger partial charge is 0.493 e. The number of carbonyl (C=O) groups is 2. The molecule has 0 fully saturated rings. The Bertz CT molecular complexity index is 1170. The normalized spacial score (nSPS) is 10.6. The monoisotopic (exact) mass is 499 g/mol. The highest BCUT2D eigenvalue weighted by molar-refractivity contribution is 6.30. The first kappa shape index (κ1) is 25.5. The van der Waals surface area contributed by atoms with Crippen LogP contribution in [-0.4, -0.2) is 38.3 Å². The summed E-state index contributed by atoms with van der Waals surface area (Å²) in [6.45, 7) is -0.260. The van der Waals surface area contributed by atoms with Crippen LogP contribution in [0, 0.1) is 5.82 Å². The number of nitrogens with zero attached hydrogens (tertiary/aromatic N) is 1. The van der Waals surface area contributed by atoms with Gasteiger partial charge in [-0.3, -0.25) is 9.59 Å². The average Bonchev–Trinajstić information content (AvgIpc) is 2.87. The minimum Gasteiger partial charge on any atom is -0.493 e. The van der Waals surface area contributed by atoms with Gasteiger partial charge in [-0.1, -0.05) is 23.7 Å². The summed E-state index contributed by atoms with van der Waals surface area (Å²) in [6.07, 6.45) is 1.43. The molecule has 3 rings (SSSR count). The molecule has 0 atom stereocenters. The third-order valence-corrected chi connectivity index (χ3v) is 4.78. The highest BCUT2D eigenvalue weighted by atomic mass is 35.5. The van der Waals surface area contributed by atoms with Gasteiger partial charge in [0.05, 0.1) is 19.9 Å². The lowest BCUT2D eigenvalue weighted by atomic mass is 10.2. The molecule has 0 aromatic heterocycles. The van der Waals surface area contributed by atoms with E-state index in [-0.39, 0.29) is 25.6 Å². The van der Waals surface area contributed by atoms with Gasteiger partial charge < -0.3 is 19.5 Å². The second-order valence-corrected chi connectivity index (χ2v) is 7.57. The Morgan fingerprint density at radius 3 is 2.43 bits per heavy atom. The van der Waals surface area contributed by atoms with Crippen LogP contribution < -0.4 is 25.0 Å². The van der Waals surface area contributed by atoms with Crippen molar-refractivity contribution in [3.63, 3.8) is 0 Å². The molecule has 0 aliphatic rings. The van der Waals surface area contributed by atoms with E-state index in [4.69, 9.17) is 25.8 Å². The number of benzene rings is 3. The maximum Gasteiger partial charge on any atom is 0.259 e. The summed E-state index contributed by atoms with van der Waals surface area (Å²) in [5, 5.41) is 6.87. The lowest BCUT2D eigenvalue weighted by Gasteiger charge is -2.11. The minimum atomic E-state index is -0.507. The van der Waals surface area contributed by atoms with E-state index in [2.05, 4.69) is 15.8 Å². The highest BCUT2D eigenvalue weighted by Gasteiger charge is 2.08. The zero-order chi connectivity index (χ0) is 25.0. The van der Waals surface area contributed by atoms with Crippen molar-refractivity contribution in [2.24, 2.45) is 5.10 Å². The fourth-order valence-electron chi connectivity index (χ4n) is 2.75. The number of carbonyl (C=O) groups excluding carboxylic acids is 2. The summed E-state index contributed by atoms with van der Waals surface area (Å²) in [5.74, 6) is 0.178. The van der Waals surface area contributed by atoms with Gasteiger partial charge in [0.15, 0.2) is 18.1 Å². The molecule has 0 saturated carbocycles. The first-order valence-electron chi connectivity index (χ1n) is 10.4. The van der Waals surface area contributed by atoms with Gasteiger partial charge >= 0.3 is 0 Å². The summed E-state index contributed by atoms with van der Waals surface area (Å²) in [7, 11) is 1.50. The Labute approximate surface area is 206 Å². The quantitative estimate of drug-likeness (QED) is 0.309. The van der Waals surface area contributed by atoms with Crippen molar-refractivity contribution in [1.29, 1.82) is 0 Å². The lowest BCUT2D eigenvalue weighted by molar-refractivity contribution is -0.127. The Morgan fingerprint density at radius 2 is 1.71 bits per heavy atom. The summed E-state index contributed by atoms with van der Waals surface area (Å²) < 4.78 is 29.4. The number of hydrogen-bond donors (Lipinski definition) is 2. The number of methoxy groups -OCH3 is 1. The molecular formula is C25H23ClFN3O5. The molecule has 3 aromatic carbocycles. The van der Waals surface area contributed by atoms with Crippen LogP contribution in [0.25, 0.3) is 0 Å². The average molecular weight is 500 g/mol. The smallest absolute Gasteiger partial charge is 0.259 e. The van der Waals surface area contributed by atoms with E-state index in [0.29, 0.717) is 27.8 Å². The molecule has 2 N–H and O–H groups in total. The number of hydrazone groups is 1. The summed E-state index contributed by atoms with van der Waals surface area (Å²) in [4.78, 5) is 23.7. The zero-order valence-corrected chi connectivity index (χ0v) is 19.5.